The van der Waals surface area contributed by atoms with E-state index in [-0.39, 0.29) is 11.9 Å². The molecule has 19 heavy (non-hydrogen) atoms. The fourth-order valence-corrected chi connectivity index (χ4v) is 3.25. The van der Waals surface area contributed by atoms with Gasteiger partial charge in [0.1, 0.15) is 0 Å². The van der Waals surface area contributed by atoms with Crippen molar-refractivity contribution in [1.82, 2.24) is 15.5 Å². The van der Waals surface area contributed by atoms with Crippen LogP contribution in [-0.4, -0.2) is 49.1 Å². The Labute approximate surface area is 117 Å². The lowest BCUT2D eigenvalue weighted by Gasteiger charge is -2.33. The molecule has 2 N–H and O–H groups in total. The Bertz CT molecular complexity index is 289. The van der Waals surface area contributed by atoms with Crippen LogP contribution in [0.2, 0.25) is 0 Å². The Morgan fingerprint density at radius 2 is 2.05 bits per heavy atom. The number of nitrogens with zero attached hydrogens (tertiary/aromatic N) is 1. The van der Waals surface area contributed by atoms with Gasteiger partial charge in [-0.2, -0.15) is 0 Å². The number of nitrogens with one attached hydrogen (secondary N) is 2. The van der Waals surface area contributed by atoms with E-state index in [0.717, 1.165) is 19.5 Å². The van der Waals surface area contributed by atoms with Gasteiger partial charge in [0.15, 0.2) is 0 Å². The summed E-state index contributed by atoms with van der Waals surface area (Å²) < 4.78 is 0. The fraction of sp³-hybridized carbons (Fsp3) is 0.933. The van der Waals surface area contributed by atoms with Crippen LogP contribution in [0.4, 0.5) is 0 Å². The summed E-state index contributed by atoms with van der Waals surface area (Å²) in [6.45, 7) is 8.53. The number of likely N-dealkylation sites (tertiary alicyclic amines) is 1. The largest absolute Gasteiger partial charge is 0.353 e. The standard InChI is InChI=1S/C15H29N3O/c1-12-7-6-8-16-14(12)15(19)17-11-13(2)18-9-4-3-5-10-18/h12-14,16H,3-11H2,1-2H3,(H,17,19). The third-order valence-electron chi connectivity index (χ3n) is 4.64. The van der Waals surface area contributed by atoms with Gasteiger partial charge in [-0.05, 0) is 58.2 Å². The molecule has 3 unspecified atom stereocenters. The highest BCUT2D eigenvalue weighted by Gasteiger charge is 2.27. The van der Waals surface area contributed by atoms with E-state index < -0.39 is 0 Å². The second-order valence-electron chi connectivity index (χ2n) is 6.24. The molecule has 0 aromatic heterocycles. The van der Waals surface area contributed by atoms with E-state index in [0.29, 0.717) is 12.0 Å². The molecule has 0 saturated carbocycles. The summed E-state index contributed by atoms with van der Waals surface area (Å²) in [7, 11) is 0. The Morgan fingerprint density at radius 1 is 1.32 bits per heavy atom. The molecule has 0 aliphatic carbocycles. The Kier molecular flexibility index (Phi) is 5.64. The molecular weight excluding hydrogens is 238 g/mol. The molecule has 0 aromatic carbocycles. The third-order valence-corrected chi connectivity index (χ3v) is 4.64. The molecule has 4 nitrogen and oxygen atoms in total. The minimum atomic E-state index is 0.0160. The number of carbonyl (C=O) groups is 1. The van der Waals surface area contributed by atoms with E-state index in [4.69, 9.17) is 0 Å². The van der Waals surface area contributed by atoms with Gasteiger partial charge in [-0.25, -0.2) is 0 Å². The van der Waals surface area contributed by atoms with Crippen LogP contribution in [0.3, 0.4) is 0 Å². The number of hydrogen-bond acceptors (Lipinski definition) is 3. The number of piperidine rings is 2. The van der Waals surface area contributed by atoms with Crippen LogP contribution in [0.5, 0.6) is 0 Å². The second-order valence-corrected chi connectivity index (χ2v) is 6.24. The van der Waals surface area contributed by atoms with Crippen LogP contribution in [0.25, 0.3) is 0 Å². The van der Waals surface area contributed by atoms with Gasteiger partial charge in [-0.15, -0.1) is 0 Å². The molecular formula is C15H29N3O. The average Bonchev–Trinajstić information content (AvgIpc) is 2.46. The van der Waals surface area contributed by atoms with Gasteiger partial charge in [0.25, 0.3) is 0 Å². The first kappa shape index (κ1) is 14.8. The first-order chi connectivity index (χ1) is 9.18. The smallest absolute Gasteiger partial charge is 0.237 e. The van der Waals surface area contributed by atoms with Gasteiger partial charge in [-0.1, -0.05) is 13.3 Å². The molecule has 2 heterocycles. The summed E-state index contributed by atoms with van der Waals surface area (Å²) in [4.78, 5) is 14.7. The summed E-state index contributed by atoms with van der Waals surface area (Å²) in [5.74, 6) is 0.648. The van der Waals surface area contributed by atoms with Crippen molar-refractivity contribution in [3.8, 4) is 0 Å². The lowest BCUT2D eigenvalue weighted by atomic mass is 9.92. The number of hydrogen-bond donors (Lipinski definition) is 2. The predicted octanol–water partition coefficient (Wildman–Crippen LogP) is 1.37. The zero-order valence-corrected chi connectivity index (χ0v) is 12.5. The zero-order valence-electron chi connectivity index (χ0n) is 12.5. The van der Waals surface area contributed by atoms with Gasteiger partial charge in [0.05, 0.1) is 6.04 Å². The van der Waals surface area contributed by atoms with Crippen molar-refractivity contribution < 1.29 is 4.79 Å². The summed E-state index contributed by atoms with van der Waals surface area (Å²) in [5, 5.41) is 6.48. The van der Waals surface area contributed by atoms with Crippen LogP contribution in [0, 0.1) is 5.92 Å². The highest BCUT2D eigenvalue weighted by atomic mass is 16.2. The fourth-order valence-electron chi connectivity index (χ4n) is 3.25. The van der Waals surface area contributed by atoms with Crippen molar-refractivity contribution in [3.63, 3.8) is 0 Å². The van der Waals surface area contributed by atoms with E-state index in [9.17, 15) is 4.79 Å². The highest BCUT2D eigenvalue weighted by Crippen LogP contribution is 2.16. The van der Waals surface area contributed by atoms with Crippen molar-refractivity contribution in [2.75, 3.05) is 26.2 Å². The Morgan fingerprint density at radius 3 is 2.74 bits per heavy atom. The van der Waals surface area contributed by atoms with Gasteiger partial charge in [-0.3, -0.25) is 9.69 Å². The summed E-state index contributed by atoms with van der Waals surface area (Å²) >= 11 is 0. The minimum Gasteiger partial charge on any atom is -0.353 e. The highest BCUT2D eigenvalue weighted by molar-refractivity contribution is 5.82. The summed E-state index contributed by atoms with van der Waals surface area (Å²) in [5.41, 5.74) is 0. The predicted molar refractivity (Wildman–Crippen MR) is 78.1 cm³/mol. The second kappa shape index (κ2) is 7.25. The molecule has 0 aromatic rings. The Balaban J connectivity index is 1.72. The molecule has 3 atom stereocenters. The maximum absolute atomic E-state index is 12.2. The van der Waals surface area contributed by atoms with E-state index >= 15 is 0 Å². The number of carbonyl (C=O) groups excluding carboxylic acids is 1. The normalized spacial score (nSPS) is 30.8. The SMILES string of the molecule is CC1CCCNC1C(=O)NCC(C)N1CCCCC1. The Hall–Kier alpha value is -0.610. The van der Waals surface area contributed by atoms with E-state index in [2.05, 4.69) is 29.4 Å². The monoisotopic (exact) mass is 267 g/mol. The van der Waals surface area contributed by atoms with Crippen LogP contribution in [-0.2, 0) is 4.79 Å². The van der Waals surface area contributed by atoms with E-state index in [1.165, 1.54) is 38.8 Å². The van der Waals surface area contributed by atoms with Crippen molar-refractivity contribution >= 4 is 5.91 Å². The van der Waals surface area contributed by atoms with Gasteiger partial charge >= 0.3 is 0 Å². The molecule has 0 radical (unpaired) electrons. The molecule has 4 heteroatoms. The van der Waals surface area contributed by atoms with Gasteiger partial charge in [0.2, 0.25) is 5.91 Å². The maximum Gasteiger partial charge on any atom is 0.237 e. The van der Waals surface area contributed by atoms with Crippen molar-refractivity contribution in [1.29, 1.82) is 0 Å². The maximum atomic E-state index is 12.2. The molecule has 110 valence electrons. The molecule has 1 amide bonds. The van der Waals surface area contributed by atoms with Crippen LogP contribution in [0.1, 0.15) is 46.0 Å². The molecule has 0 spiro atoms. The quantitative estimate of drug-likeness (QED) is 0.808. The number of amides is 1. The molecule has 2 saturated heterocycles. The molecule has 2 rings (SSSR count). The molecule has 0 bridgehead atoms. The van der Waals surface area contributed by atoms with Crippen LogP contribution >= 0.6 is 0 Å². The minimum absolute atomic E-state index is 0.0160. The van der Waals surface area contributed by atoms with Crippen LogP contribution in [0.15, 0.2) is 0 Å². The van der Waals surface area contributed by atoms with Crippen molar-refractivity contribution in [3.05, 3.63) is 0 Å². The summed E-state index contributed by atoms with van der Waals surface area (Å²) in [6, 6.07) is 0.477. The van der Waals surface area contributed by atoms with Crippen LogP contribution < -0.4 is 10.6 Å². The van der Waals surface area contributed by atoms with Gasteiger partial charge < -0.3 is 10.6 Å². The molecule has 2 aliphatic rings. The van der Waals surface area contributed by atoms with Gasteiger partial charge in [0, 0.05) is 12.6 Å². The molecule has 2 aliphatic heterocycles. The van der Waals surface area contributed by atoms with Crippen molar-refractivity contribution in [2.45, 2.75) is 58.0 Å². The summed E-state index contributed by atoms with van der Waals surface area (Å²) in [6.07, 6.45) is 6.32. The first-order valence-electron chi connectivity index (χ1n) is 7.93. The lowest BCUT2D eigenvalue weighted by molar-refractivity contribution is -0.125. The zero-order chi connectivity index (χ0) is 13.7. The lowest BCUT2D eigenvalue weighted by Crippen LogP contribution is -2.53. The number of rotatable bonds is 4. The topological polar surface area (TPSA) is 44.4 Å². The first-order valence-corrected chi connectivity index (χ1v) is 7.93. The average molecular weight is 267 g/mol. The van der Waals surface area contributed by atoms with Crippen molar-refractivity contribution in [2.24, 2.45) is 5.92 Å². The molecule has 2 fully saturated rings. The van der Waals surface area contributed by atoms with E-state index in [1.807, 2.05) is 0 Å². The third kappa shape index (κ3) is 4.18. The van der Waals surface area contributed by atoms with E-state index in [1.54, 1.807) is 0 Å².